The summed E-state index contributed by atoms with van der Waals surface area (Å²) in [6, 6.07) is 7.48. The average Bonchev–Trinajstić information content (AvgIpc) is 2.87. The Bertz CT molecular complexity index is 484. The van der Waals surface area contributed by atoms with Crippen LogP contribution in [0.15, 0.2) is 24.3 Å². The van der Waals surface area contributed by atoms with Crippen LogP contribution >= 0.6 is 0 Å². The Balaban J connectivity index is 1.96. The molecule has 1 atom stereocenters. The predicted octanol–water partition coefficient (Wildman–Crippen LogP) is 1.12. The van der Waals surface area contributed by atoms with Crippen molar-refractivity contribution in [3.8, 4) is 0 Å². The van der Waals surface area contributed by atoms with Crippen molar-refractivity contribution in [3.05, 3.63) is 35.4 Å². The molecule has 1 aliphatic rings. The Kier molecular flexibility index (Phi) is 4.74. The molecular formula is C15H20N2O3. The number of hydrogen-bond donors (Lipinski definition) is 2. The summed E-state index contributed by atoms with van der Waals surface area (Å²) >= 11 is 0. The molecule has 20 heavy (non-hydrogen) atoms. The monoisotopic (exact) mass is 276 g/mol. The molecule has 0 spiro atoms. The Labute approximate surface area is 118 Å². The number of carboxylic acids is 1. The van der Waals surface area contributed by atoms with Crippen molar-refractivity contribution in [3.63, 3.8) is 0 Å². The second-order valence-corrected chi connectivity index (χ2v) is 5.24. The zero-order chi connectivity index (χ0) is 14.5. The number of nitrogens with zero attached hydrogens (tertiary/aromatic N) is 1. The zero-order valence-corrected chi connectivity index (χ0v) is 11.4. The van der Waals surface area contributed by atoms with E-state index in [0.29, 0.717) is 25.2 Å². The standard InChI is InChI=1S/C15H20N2O3/c16-7-5-11-1-3-13(4-2-11)15(20)17-8-6-12(10-17)9-14(18)19/h1-4,12H,5-10,16H2,(H,18,19). The number of likely N-dealkylation sites (tertiary alicyclic amines) is 1. The van der Waals surface area contributed by atoms with Crippen LogP contribution < -0.4 is 5.73 Å². The third-order valence-corrected chi connectivity index (χ3v) is 3.67. The number of carbonyl (C=O) groups excluding carboxylic acids is 1. The van der Waals surface area contributed by atoms with Crippen molar-refractivity contribution in [2.24, 2.45) is 11.7 Å². The lowest BCUT2D eigenvalue weighted by atomic mass is 10.1. The Morgan fingerprint density at radius 2 is 2.00 bits per heavy atom. The lowest BCUT2D eigenvalue weighted by Crippen LogP contribution is -2.29. The minimum Gasteiger partial charge on any atom is -0.481 e. The van der Waals surface area contributed by atoms with Gasteiger partial charge in [0.1, 0.15) is 0 Å². The van der Waals surface area contributed by atoms with Gasteiger partial charge in [-0.3, -0.25) is 9.59 Å². The summed E-state index contributed by atoms with van der Waals surface area (Å²) in [7, 11) is 0. The number of rotatable bonds is 5. The van der Waals surface area contributed by atoms with E-state index in [4.69, 9.17) is 10.8 Å². The highest BCUT2D eigenvalue weighted by atomic mass is 16.4. The number of carboxylic acid groups (broad SMARTS) is 1. The van der Waals surface area contributed by atoms with Crippen molar-refractivity contribution in [2.45, 2.75) is 19.3 Å². The van der Waals surface area contributed by atoms with Crippen LogP contribution in [0.5, 0.6) is 0 Å². The van der Waals surface area contributed by atoms with Gasteiger partial charge in [-0.2, -0.15) is 0 Å². The first kappa shape index (κ1) is 14.5. The van der Waals surface area contributed by atoms with E-state index < -0.39 is 5.97 Å². The van der Waals surface area contributed by atoms with Gasteiger partial charge in [0.25, 0.3) is 5.91 Å². The maximum Gasteiger partial charge on any atom is 0.303 e. The molecule has 1 aromatic rings. The lowest BCUT2D eigenvalue weighted by molar-refractivity contribution is -0.138. The number of aliphatic carboxylic acids is 1. The number of hydrogen-bond acceptors (Lipinski definition) is 3. The molecule has 2 rings (SSSR count). The van der Waals surface area contributed by atoms with Crippen molar-refractivity contribution in [1.82, 2.24) is 4.90 Å². The van der Waals surface area contributed by atoms with E-state index in [1.54, 1.807) is 4.90 Å². The summed E-state index contributed by atoms with van der Waals surface area (Å²) in [5.74, 6) is -0.736. The van der Waals surface area contributed by atoms with Gasteiger partial charge < -0.3 is 15.7 Å². The van der Waals surface area contributed by atoms with Crippen molar-refractivity contribution < 1.29 is 14.7 Å². The van der Waals surface area contributed by atoms with Crippen LogP contribution in [-0.2, 0) is 11.2 Å². The molecule has 0 radical (unpaired) electrons. The lowest BCUT2D eigenvalue weighted by Gasteiger charge is -2.16. The van der Waals surface area contributed by atoms with Crippen LogP contribution in [0.4, 0.5) is 0 Å². The largest absolute Gasteiger partial charge is 0.481 e. The molecule has 1 aliphatic heterocycles. The fourth-order valence-electron chi connectivity index (χ4n) is 2.59. The van der Waals surface area contributed by atoms with Gasteiger partial charge in [-0.05, 0) is 43.0 Å². The van der Waals surface area contributed by atoms with Crippen LogP contribution in [-0.4, -0.2) is 41.5 Å². The van der Waals surface area contributed by atoms with Crippen molar-refractivity contribution >= 4 is 11.9 Å². The molecule has 1 saturated heterocycles. The van der Waals surface area contributed by atoms with Crippen LogP contribution in [0.2, 0.25) is 0 Å². The Morgan fingerprint density at radius 3 is 2.60 bits per heavy atom. The number of benzene rings is 1. The maximum atomic E-state index is 12.3. The van der Waals surface area contributed by atoms with E-state index in [1.165, 1.54) is 0 Å². The van der Waals surface area contributed by atoms with Crippen LogP contribution in [0.3, 0.4) is 0 Å². The zero-order valence-electron chi connectivity index (χ0n) is 11.4. The molecule has 0 saturated carbocycles. The van der Waals surface area contributed by atoms with Crippen LogP contribution in [0.25, 0.3) is 0 Å². The molecule has 1 heterocycles. The van der Waals surface area contributed by atoms with E-state index in [2.05, 4.69) is 0 Å². The van der Waals surface area contributed by atoms with Crippen molar-refractivity contribution in [1.29, 1.82) is 0 Å². The first-order valence-corrected chi connectivity index (χ1v) is 6.90. The van der Waals surface area contributed by atoms with E-state index in [-0.39, 0.29) is 18.2 Å². The van der Waals surface area contributed by atoms with E-state index >= 15 is 0 Å². The highest BCUT2D eigenvalue weighted by Crippen LogP contribution is 2.21. The average molecular weight is 276 g/mol. The summed E-state index contributed by atoms with van der Waals surface area (Å²) in [4.78, 5) is 24.7. The molecule has 5 nitrogen and oxygen atoms in total. The summed E-state index contributed by atoms with van der Waals surface area (Å²) in [5.41, 5.74) is 7.26. The SMILES string of the molecule is NCCc1ccc(C(=O)N2CCC(CC(=O)O)C2)cc1. The van der Waals surface area contributed by atoms with Gasteiger partial charge in [-0.25, -0.2) is 0 Å². The molecule has 1 aromatic carbocycles. The molecule has 1 fully saturated rings. The summed E-state index contributed by atoms with van der Waals surface area (Å²) in [6.45, 7) is 1.77. The molecule has 5 heteroatoms. The minimum absolute atomic E-state index is 0.0165. The first-order chi connectivity index (χ1) is 9.60. The normalized spacial score (nSPS) is 18.2. The van der Waals surface area contributed by atoms with Gasteiger partial charge in [0.2, 0.25) is 0 Å². The van der Waals surface area contributed by atoms with Gasteiger partial charge in [-0.15, -0.1) is 0 Å². The number of amides is 1. The predicted molar refractivity (Wildman–Crippen MR) is 75.5 cm³/mol. The highest BCUT2D eigenvalue weighted by molar-refractivity contribution is 5.94. The molecule has 1 unspecified atom stereocenters. The summed E-state index contributed by atoms with van der Waals surface area (Å²) in [6.07, 6.45) is 1.71. The molecule has 1 amide bonds. The van der Waals surface area contributed by atoms with Crippen LogP contribution in [0, 0.1) is 5.92 Å². The summed E-state index contributed by atoms with van der Waals surface area (Å²) in [5, 5.41) is 8.78. The first-order valence-electron chi connectivity index (χ1n) is 6.90. The Hall–Kier alpha value is -1.88. The van der Waals surface area contributed by atoms with Crippen molar-refractivity contribution in [2.75, 3.05) is 19.6 Å². The fraction of sp³-hybridized carbons (Fsp3) is 0.467. The molecule has 3 N–H and O–H groups in total. The molecule has 108 valence electrons. The third-order valence-electron chi connectivity index (χ3n) is 3.67. The second kappa shape index (κ2) is 6.52. The molecule has 0 bridgehead atoms. The molecule has 0 aliphatic carbocycles. The second-order valence-electron chi connectivity index (χ2n) is 5.24. The number of nitrogens with two attached hydrogens (primary N) is 1. The third kappa shape index (κ3) is 3.57. The van der Waals surface area contributed by atoms with E-state index in [9.17, 15) is 9.59 Å². The quantitative estimate of drug-likeness (QED) is 0.844. The smallest absolute Gasteiger partial charge is 0.303 e. The van der Waals surface area contributed by atoms with Crippen LogP contribution in [0.1, 0.15) is 28.8 Å². The van der Waals surface area contributed by atoms with Gasteiger partial charge >= 0.3 is 5.97 Å². The minimum atomic E-state index is -0.796. The molecular weight excluding hydrogens is 256 g/mol. The highest BCUT2D eigenvalue weighted by Gasteiger charge is 2.28. The van der Waals surface area contributed by atoms with E-state index in [1.807, 2.05) is 24.3 Å². The Morgan fingerprint density at radius 1 is 1.30 bits per heavy atom. The topological polar surface area (TPSA) is 83.6 Å². The number of carbonyl (C=O) groups is 2. The maximum absolute atomic E-state index is 12.3. The fourth-order valence-corrected chi connectivity index (χ4v) is 2.59. The van der Waals surface area contributed by atoms with Gasteiger partial charge in [0.05, 0.1) is 0 Å². The molecule has 0 aromatic heterocycles. The van der Waals surface area contributed by atoms with Gasteiger partial charge in [-0.1, -0.05) is 12.1 Å². The van der Waals surface area contributed by atoms with Gasteiger partial charge in [0, 0.05) is 25.1 Å². The van der Waals surface area contributed by atoms with Gasteiger partial charge in [0.15, 0.2) is 0 Å². The van der Waals surface area contributed by atoms with E-state index in [0.717, 1.165) is 18.4 Å². The summed E-state index contributed by atoms with van der Waals surface area (Å²) < 4.78 is 0.